The molecule has 3 N–H and O–H groups in total. The number of nitrogens with one attached hydrogen (secondary N) is 1. The van der Waals surface area contributed by atoms with Gasteiger partial charge in [-0.2, -0.15) is 0 Å². The maximum Gasteiger partial charge on any atom is 0.317 e. The number of carbonyl (C=O) groups is 2. The first-order chi connectivity index (χ1) is 12.3. The topological polar surface area (TPSA) is 112 Å². The van der Waals surface area contributed by atoms with Crippen LogP contribution in [-0.2, 0) is 9.53 Å². The van der Waals surface area contributed by atoms with Gasteiger partial charge in [0.2, 0.25) is 0 Å². The third-order valence-corrected chi connectivity index (χ3v) is 5.36. The highest BCUT2D eigenvalue weighted by atomic mass is 16.5. The fourth-order valence-electron chi connectivity index (χ4n) is 3.84. The fourth-order valence-corrected chi connectivity index (χ4v) is 3.84. The molecule has 26 heavy (non-hydrogen) atoms. The van der Waals surface area contributed by atoms with Gasteiger partial charge in [-0.1, -0.05) is 0 Å². The van der Waals surface area contributed by atoms with Crippen LogP contribution >= 0.6 is 0 Å². The largest absolute Gasteiger partial charge is 0.480 e. The molecule has 2 saturated heterocycles. The van der Waals surface area contributed by atoms with Gasteiger partial charge in [0.05, 0.1) is 30.4 Å². The van der Waals surface area contributed by atoms with Crippen molar-refractivity contribution in [2.75, 3.05) is 26.2 Å². The summed E-state index contributed by atoms with van der Waals surface area (Å²) in [4.78, 5) is 29.0. The molecule has 0 saturated carbocycles. The summed E-state index contributed by atoms with van der Waals surface area (Å²) in [7, 11) is 0. The Hall–Kier alpha value is -2.03. The molecular formula is C18H25N3O5. The van der Waals surface area contributed by atoms with E-state index < -0.39 is 23.2 Å². The van der Waals surface area contributed by atoms with Crippen molar-refractivity contribution < 1.29 is 24.5 Å². The Labute approximate surface area is 152 Å². The van der Waals surface area contributed by atoms with Crippen LogP contribution in [0.25, 0.3) is 0 Å². The summed E-state index contributed by atoms with van der Waals surface area (Å²) in [6.07, 6.45) is 4.83. The van der Waals surface area contributed by atoms with Crippen LogP contribution in [0, 0.1) is 0 Å². The van der Waals surface area contributed by atoms with E-state index in [2.05, 4.69) is 10.3 Å². The van der Waals surface area contributed by atoms with Gasteiger partial charge in [-0.05, 0) is 31.9 Å². The molecule has 2 aliphatic heterocycles. The van der Waals surface area contributed by atoms with Crippen LogP contribution in [0.3, 0.4) is 0 Å². The predicted octanol–water partition coefficient (Wildman–Crippen LogP) is 0.271. The van der Waals surface area contributed by atoms with Crippen molar-refractivity contribution in [1.29, 1.82) is 0 Å². The lowest BCUT2D eigenvalue weighted by atomic mass is 9.75. The van der Waals surface area contributed by atoms with E-state index in [0.29, 0.717) is 37.9 Å². The number of hydrogen-bond donors (Lipinski definition) is 3. The first kappa shape index (κ1) is 18.8. The molecule has 0 unspecified atom stereocenters. The van der Waals surface area contributed by atoms with Crippen molar-refractivity contribution in [3.63, 3.8) is 0 Å². The number of aromatic nitrogens is 1. The number of aliphatic carboxylic acids is 1. The number of ether oxygens (including phenoxy) is 1. The van der Waals surface area contributed by atoms with Crippen LogP contribution in [0.4, 0.5) is 0 Å². The normalized spacial score (nSPS) is 28.6. The predicted molar refractivity (Wildman–Crippen MR) is 92.7 cm³/mol. The number of pyridine rings is 1. The van der Waals surface area contributed by atoms with Gasteiger partial charge in [0, 0.05) is 37.5 Å². The minimum Gasteiger partial charge on any atom is -0.480 e. The molecule has 1 aromatic rings. The quantitative estimate of drug-likeness (QED) is 0.704. The molecule has 3 heterocycles. The Balaban J connectivity index is 1.60. The molecule has 0 aromatic carbocycles. The average Bonchev–Trinajstić information content (AvgIpc) is 2.60. The van der Waals surface area contributed by atoms with Gasteiger partial charge in [-0.15, -0.1) is 0 Å². The molecule has 1 aromatic heterocycles. The maximum absolute atomic E-state index is 12.3. The number of nitrogens with zero attached hydrogens (tertiary/aromatic N) is 2. The van der Waals surface area contributed by atoms with Crippen molar-refractivity contribution >= 4 is 11.9 Å². The zero-order valence-corrected chi connectivity index (χ0v) is 14.9. The second-order valence-corrected chi connectivity index (χ2v) is 7.46. The van der Waals surface area contributed by atoms with Gasteiger partial charge in [0.15, 0.2) is 0 Å². The van der Waals surface area contributed by atoms with E-state index in [9.17, 15) is 14.7 Å². The van der Waals surface area contributed by atoms with E-state index in [1.54, 1.807) is 31.5 Å². The van der Waals surface area contributed by atoms with Crippen LogP contribution in [0.5, 0.6) is 0 Å². The van der Waals surface area contributed by atoms with E-state index in [1.807, 2.05) is 4.90 Å². The minimum absolute atomic E-state index is 0.0249. The molecular weight excluding hydrogens is 338 g/mol. The number of hydrogen-bond acceptors (Lipinski definition) is 6. The first-order valence-corrected chi connectivity index (χ1v) is 8.81. The number of piperidine rings is 1. The molecule has 8 heteroatoms. The van der Waals surface area contributed by atoms with Gasteiger partial charge < -0.3 is 20.3 Å². The summed E-state index contributed by atoms with van der Waals surface area (Å²) < 4.78 is 6.08. The monoisotopic (exact) mass is 363 g/mol. The molecule has 2 aliphatic rings. The van der Waals surface area contributed by atoms with Crippen molar-refractivity contribution in [1.82, 2.24) is 15.2 Å². The van der Waals surface area contributed by atoms with E-state index in [1.165, 1.54) is 0 Å². The highest BCUT2D eigenvalue weighted by Gasteiger charge is 2.49. The molecule has 1 amide bonds. The van der Waals surface area contributed by atoms with Crippen LogP contribution in [0.15, 0.2) is 24.5 Å². The van der Waals surface area contributed by atoms with E-state index >= 15 is 0 Å². The Morgan fingerprint density at radius 2 is 2.00 bits per heavy atom. The second kappa shape index (κ2) is 7.30. The van der Waals surface area contributed by atoms with E-state index in [-0.39, 0.29) is 19.1 Å². The zero-order chi connectivity index (χ0) is 18.8. The summed E-state index contributed by atoms with van der Waals surface area (Å²) >= 11 is 0. The molecule has 8 nitrogen and oxygen atoms in total. The Bertz CT molecular complexity index is 656. The number of rotatable bonds is 4. The highest BCUT2D eigenvalue weighted by Crippen LogP contribution is 2.39. The summed E-state index contributed by atoms with van der Waals surface area (Å²) in [5, 5.41) is 22.7. The van der Waals surface area contributed by atoms with Gasteiger partial charge in [-0.3, -0.25) is 19.5 Å². The van der Waals surface area contributed by atoms with Crippen molar-refractivity contribution in [3.05, 3.63) is 30.1 Å². The summed E-state index contributed by atoms with van der Waals surface area (Å²) in [5.74, 6) is -1.11. The Morgan fingerprint density at radius 1 is 1.35 bits per heavy atom. The second-order valence-electron chi connectivity index (χ2n) is 7.46. The lowest BCUT2D eigenvalue weighted by Crippen LogP contribution is -2.64. The molecule has 2 atom stereocenters. The number of aliphatic hydroxyl groups is 1. The number of amides is 1. The van der Waals surface area contributed by atoms with E-state index in [4.69, 9.17) is 9.84 Å². The molecule has 0 aliphatic carbocycles. The zero-order valence-electron chi connectivity index (χ0n) is 14.9. The number of carboxylic acid groups (broad SMARTS) is 1. The van der Waals surface area contributed by atoms with Crippen molar-refractivity contribution in [2.45, 2.75) is 43.4 Å². The lowest BCUT2D eigenvalue weighted by molar-refractivity contribution is -0.187. The molecule has 0 bridgehead atoms. The Kier molecular flexibility index (Phi) is 5.27. The van der Waals surface area contributed by atoms with Gasteiger partial charge in [0.25, 0.3) is 5.91 Å². The maximum atomic E-state index is 12.3. The molecule has 0 radical (unpaired) electrons. The van der Waals surface area contributed by atoms with Crippen LogP contribution < -0.4 is 5.32 Å². The third-order valence-electron chi connectivity index (χ3n) is 5.36. The number of likely N-dealkylation sites (tertiary alicyclic amines) is 1. The van der Waals surface area contributed by atoms with Crippen LogP contribution in [0.1, 0.15) is 36.5 Å². The fraction of sp³-hybridized carbons (Fsp3) is 0.611. The summed E-state index contributed by atoms with van der Waals surface area (Å²) in [6.45, 7) is 3.21. The van der Waals surface area contributed by atoms with E-state index in [0.717, 1.165) is 0 Å². The lowest BCUT2D eigenvalue weighted by Gasteiger charge is -2.51. The summed E-state index contributed by atoms with van der Waals surface area (Å²) in [5.41, 5.74) is -1.08. The standard InChI is InChI=1S/C18H25N3O5/c1-17(25)12-18(4-8-21(9-5-18)10-15(22)23)26-11-14(17)20-16(24)13-2-6-19-7-3-13/h2-3,6-7,14,25H,4-5,8-12H2,1H3,(H,20,24)(H,22,23)/t14-,17-/m0/s1. The minimum atomic E-state index is -1.10. The van der Waals surface area contributed by atoms with Crippen LogP contribution in [-0.4, -0.2) is 75.5 Å². The smallest absolute Gasteiger partial charge is 0.317 e. The van der Waals surface area contributed by atoms with Gasteiger partial charge >= 0.3 is 5.97 Å². The SMILES string of the molecule is C[C@]1(O)CC2(CCN(CC(=O)O)CC2)OC[C@@H]1NC(=O)c1ccncc1. The van der Waals surface area contributed by atoms with Crippen molar-refractivity contribution in [3.8, 4) is 0 Å². The highest BCUT2D eigenvalue weighted by molar-refractivity contribution is 5.94. The number of carbonyl (C=O) groups excluding carboxylic acids is 1. The number of carboxylic acids is 1. The van der Waals surface area contributed by atoms with Gasteiger partial charge in [0.1, 0.15) is 0 Å². The van der Waals surface area contributed by atoms with Gasteiger partial charge in [-0.25, -0.2) is 0 Å². The van der Waals surface area contributed by atoms with Crippen molar-refractivity contribution in [2.24, 2.45) is 0 Å². The first-order valence-electron chi connectivity index (χ1n) is 8.81. The third kappa shape index (κ3) is 4.20. The molecule has 1 spiro atoms. The molecule has 2 fully saturated rings. The summed E-state index contributed by atoms with van der Waals surface area (Å²) in [6, 6.07) is 2.73. The van der Waals surface area contributed by atoms with Crippen LogP contribution in [0.2, 0.25) is 0 Å². The average molecular weight is 363 g/mol. The molecule has 3 rings (SSSR count). The Morgan fingerprint density at radius 3 is 2.58 bits per heavy atom. The molecule has 142 valence electrons.